The molecule has 1 aliphatic rings. The summed E-state index contributed by atoms with van der Waals surface area (Å²) in [7, 11) is -3.27. The van der Waals surface area contributed by atoms with Crippen molar-refractivity contribution in [2.75, 3.05) is 16.6 Å². The molecule has 1 heterocycles. The van der Waals surface area contributed by atoms with Crippen molar-refractivity contribution in [3.8, 4) is 0 Å². The Labute approximate surface area is 152 Å². The Balaban J connectivity index is 1.79. The smallest absolute Gasteiger partial charge is 0.251 e. The van der Waals surface area contributed by atoms with Crippen molar-refractivity contribution in [3.05, 3.63) is 64.7 Å². The van der Waals surface area contributed by atoms with Gasteiger partial charge in [0.05, 0.1) is 17.5 Å². The van der Waals surface area contributed by atoms with Crippen molar-refractivity contribution >= 4 is 33.2 Å². The number of hydrogen-bond donors (Lipinski definition) is 1. The summed E-state index contributed by atoms with van der Waals surface area (Å²) >= 11 is 6.17. The summed E-state index contributed by atoms with van der Waals surface area (Å²) < 4.78 is 25.5. The van der Waals surface area contributed by atoms with Gasteiger partial charge in [-0.3, -0.25) is 9.10 Å². The minimum Gasteiger partial charge on any atom is -0.345 e. The van der Waals surface area contributed by atoms with Crippen LogP contribution in [0.1, 0.15) is 35.3 Å². The summed E-state index contributed by atoms with van der Waals surface area (Å²) in [6, 6.07) is 13.7. The zero-order valence-electron chi connectivity index (χ0n) is 13.8. The number of carbonyl (C=O) groups is 1. The standard InChI is InChI=1S/C18H19ClN2O3S/c1-13(16-8-2-3-9-17(16)19)20-18(22)14-6-4-7-15(12-14)21-10-5-11-25(21,23)24/h2-4,6-9,12-13H,5,10-11H2,1H3,(H,20,22)/t13-/m0/s1. The van der Waals surface area contributed by atoms with Crippen LogP contribution in [0.2, 0.25) is 5.02 Å². The summed E-state index contributed by atoms with van der Waals surface area (Å²) in [4.78, 5) is 12.5. The van der Waals surface area contributed by atoms with Crippen LogP contribution in [0.15, 0.2) is 48.5 Å². The largest absolute Gasteiger partial charge is 0.345 e. The van der Waals surface area contributed by atoms with Gasteiger partial charge < -0.3 is 5.32 Å². The number of anilines is 1. The van der Waals surface area contributed by atoms with Crippen LogP contribution in [0.4, 0.5) is 5.69 Å². The number of nitrogens with one attached hydrogen (secondary N) is 1. The van der Waals surface area contributed by atoms with Gasteiger partial charge in [-0.05, 0) is 43.2 Å². The lowest BCUT2D eigenvalue weighted by molar-refractivity contribution is 0.0940. The highest BCUT2D eigenvalue weighted by atomic mass is 35.5. The molecule has 132 valence electrons. The van der Waals surface area contributed by atoms with E-state index in [1.807, 2.05) is 25.1 Å². The quantitative estimate of drug-likeness (QED) is 0.886. The van der Waals surface area contributed by atoms with Gasteiger partial charge in [0.25, 0.3) is 5.91 Å². The molecule has 1 aliphatic heterocycles. The lowest BCUT2D eigenvalue weighted by Crippen LogP contribution is -2.28. The van der Waals surface area contributed by atoms with E-state index in [1.165, 1.54) is 4.31 Å². The molecular formula is C18H19ClN2O3S. The molecule has 2 aromatic rings. The van der Waals surface area contributed by atoms with Crippen molar-refractivity contribution in [2.45, 2.75) is 19.4 Å². The molecular weight excluding hydrogens is 360 g/mol. The van der Waals surface area contributed by atoms with Crippen molar-refractivity contribution in [2.24, 2.45) is 0 Å². The molecule has 0 aromatic heterocycles. The molecule has 1 saturated heterocycles. The van der Waals surface area contributed by atoms with Crippen LogP contribution in [0.3, 0.4) is 0 Å². The van der Waals surface area contributed by atoms with E-state index < -0.39 is 10.0 Å². The maximum atomic E-state index is 12.5. The lowest BCUT2D eigenvalue weighted by atomic mass is 10.1. The number of amides is 1. The first-order chi connectivity index (χ1) is 11.9. The van der Waals surface area contributed by atoms with Crippen LogP contribution in [0.25, 0.3) is 0 Å². The fraction of sp³-hybridized carbons (Fsp3) is 0.278. The minimum absolute atomic E-state index is 0.146. The highest BCUT2D eigenvalue weighted by molar-refractivity contribution is 7.93. The van der Waals surface area contributed by atoms with Gasteiger partial charge in [0.1, 0.15) is 0 Å². The number of sulfonamides is 1. The van der Waals surface area contributed by atoms with E-state index >= 15 is 0 Å². The number of halogens is 1. The molecule has 0 saturated carbocycles. The van der Waals surface area contributed by atoms with E-state index in [1.54, 1.807) is 30.3 Å². The van der Waals surface area contributed by atoms with E-state index in [2.05, 4.69) is 5.32 Å². The van der Waals surface area contributed by atoms with Crippen LogP contribution >= 0.6 is 11.6 Å². The van der Waals surface area contributed by atoms with E-state index in [0.29, 0.717) is 29.2 Å². The predicted octanol–water partition coefficient (Wildman–Crippen LogP) is 3.37. The predicted molar refractivity (Wildman–Crippen MR) is 99.5 cm³/mol. The molecule has 7 heteroatoms. The number of nitrogens with zero attached hydrogens (tertiary/aromatic N) is 1. The summed E-state index contributed by atoms with van der Waals surface area (Å²) in [6.07, 6.45) is 0.600. The van der Waals surface area contributed by atoms with Crippen LogP contribution in [0.5, 0.6) is 0 Å². The highest BCUT2D eigenvalue weighted by Gasteiger charge is 2.28. The average Bonchev–Trinajstić information content (AvgIpc) is 2.94. The normalized spacial score (nSPS) is 17.3. The Kier molecular flexibility index (Phi) is 5.01. The summed E-state index contributed by atoms with van der Waals surface area (Å²) in [6.45, 7) is 2.30. The summed E-state index contributed by atoms with van der Waals surface area (Å²) in [5.41, 5.74) is 1.77. The molecule has 0 bridgehead atoms. The number of benzene rings is 2. The Morgan fingerprint density at radius 3 is 2.64 bits per heavy atom. The molecule has 1 atom stereocenters. The van der Waals surface area contributed by atoms with E-state index in [4.69, 9.17) is 11.6 Å². The van der Waals surface area contributed by atoms with Gasteiger partial charge in [0.2, 0.25) is 10.0 Å². The molecule has 1 fully saturated rings. The molecule has 1 N–H and O–H groups in total. The van der Waals surface area contributed by atoms with Gasteiger partial charge in [-0.15, -0.1) is 0 Å². The average molecular weight is 379 g/mol. The van der Waals surface area contributed by atoms with Crippen molar-refractivity contribution < 1.29 is 13.2 Å². The van der Waals surface area contributed by atoms with Crippen LogP contribution in [-0.4, -0.2) is 26.6 Å². The molecule has 0 spiro atoms. The second-order valence-electron chi connectivity index (χ2n) is 6.01. The third-order valence-electron chi connectivity index (χ3n) is 4.21. The van der Waals surface area contributed by atoms with E-state index in [0.717, 1.165) is 5.56 Å². The van der Waals surface area contributed by atoms with Gasteiger partial charge in [-0.1, -0.05) is 35.9 Å². The monoisotopic (exact) mass is 378 g/mol. The molecule has 0 unspecified atom stereocenters. The van der Waals surface area contributed by atoms with Gasteiger partial charge in [-0.25, -0.2) is 8.42 Å². The van der Waals surface area contributed by atoms with Crippen LogP contribution in [-0.2, 0) is 10.0 Å². The zero-order chi connectivity index (χ0) is 18.0. The minimum atomic E-state index is -3.27. The third-order valence-corrected chi connectivity index (χ3v) is 6.43. The highest BCUT2D eigenvalue weighted by Crippen LogP contribution is 2.26. The molecule has 0 radical (unpaired) electrons. The van der Waals surface area contributed by atoms with E-state index in [-0.39, 0.29) is 17.7 Å². The second kappa shape index (κ2) is 7.06. The topological polar surface area (TPSA) is 66.5 Å². The lowest BCUT2D eigenvalue weighted by Gasteiger charge is -2.19. The van der Waals surface area contributed by atoms with Gasteiger partial charge in [-0.2, -0.15) is 0 Å². The fourth-order valence-corrected chi connectivity index (χ4v) is 4.77. The van der Waals surface area contributed by atoms with E-state index in [9.17, 15) is 13.2 Å². The van der Waals surface area contributed by atoms with Gasteiger partial charge >= 0.3 is 0 Å². The molecule has 0 aliphatic carbocycles. The van der Waals surface area contributed by atoms with Crippen LogP contribution < -0.4 is 9.62 Å². The molecule has 5 nitrogen and oxygen atoms in total. The second-order valence-corrected chi connectivity index (χ2v) is 8.43. The maximum absolute atomic E-state index is 12.5. The molecule has 3 rings (SSSR count). The van der Waals surface area contributed by atoms with Crippen molar-refractivity contribution in [1.29, 1.82) is 0 Å². The molecule has 1 amide bonds. The summed E-state index contributed by atoms with van der Waals surface area (Å²) in [5.74, 6) is -0.127. The first kappa shape index (κ1) is 17.8. The first-order valence-electron chi connectivity index (χ1n) is 8.04. The third kappa shape index (κ3) is 3.80. The number of hydrogen-bond acceptors (Lipinski definition) is 3. The fourth-order valence-electron chi connectivity index (χ4n) is 2.92. The van der Waals surface area contributed by atoms with Crippen LogP contribution in [0, 0.1) is 0 Å². The zero-order valence-corrected chi connectivity index (χ0v) is 15.3. The maximum Gasteiger partial charge on any atom is 0.251 e. The first-order valence-corrected chi connectivity index (χ1v) is 10.0. The summed E-state index contributed by atoms with van der Waals surface area (Å²) in [5, 5.41) is 3.49. The molecule has 25 heavy (non-hydrogen) atoms. The Bertz CT molecular complexity index is 899. The Morgan fingerprint density at radius 2 is 1.96 bits per heavy atom. The SMILES string of the molecule is C[C@H](NC(=O)c1cccc(N2CCCS2(=O)=O)c1)c1ccccc1Cl. The van der Waals surface area contributed by atoms with Gasteiger partial charge in [0, 0.05) is 17.1 Å². The molecule has 2 aromatic carbocycles. The van der Waals surface area contributed by atoms with Crippen molar-refractivity contribution in [3.63, 3.8) is 0 Å². The Morgan fingerprint density at radius 1 is 1.20 bits per heavy atom. The number of carbonyl (C=O) groups excluding carboxylic acids is 1. The van der Waals surface area contributed by atoms with Crippen molar-refractivity contribution in [1.82, 2.24) is 5.32 Å². The number of rotatable bonds is 4. The Hall–Kier alpha value is -2.05. The van der Waals surface area contributed by atoms with Gasteiger partial charge in [0.15, 0.2) is 0 Å².